The zero-order chi connectivity index (χ0) is 12.3. The van der Waals surface area contributed by atoms with Gasteiger partial charge in [-0.15, -0.1) is 0 Å². The molecule has 4 heteroatoms. The number of hydrogen-bond acceptors (Lipinski definition) is 3. The minimum atomic E-state index is -0.791. The van der Waals surface area contributed by atoms with Crippen molar-refractivity contribution in [1.29, 1.82) is 5.26 Å². The molecule has 4 nitrogen and oxygen atoms in total. The lowest BCUT2D eigenvalue weighted by Gasteiger charge is -2.09. The molecule has 1 aliphatic rings. The van der Waals surface area contributed by atoms with E-state index in [9.17, 15) is 4.79 Å². The number of aliphatic carboxylic acids is 1. The van der Waals surface area contributed by atoms with Crippen LogP contribution in [0.3, 0.4) is 0 Å². The zero-order valence-electron chi connectivity index (χ0n) is 9.39. The molecule has 88 valence electrons. The maximum absolute atomic E-state index is 10.8. The summed E-state index contributed by atoms with van der Waals surface area (Å²) in [5.74, 6) is -0.494. The Balaban J connectivity index is 2.03. The van der Waals surface area contributed by atoms with E-state index in [4.69, 9.17) is 10.4 Å². The van der Waals surface area contributed by atoms with Crippen LogP contribution in [0.2, 0.25) is 0 Å². The molecule has 0 unspecified atom stereocenters. The summed E-state index contributed by atoms with van der Waals surface area (Å²) >= 11 is 0. The van der Waals surface area contributed by atoms with Crippen molar-refractivity contribution in [3.8, 4) is 6.07 Å². The summed E-state index contributed by atoms with van der Waals surface area (Å²) in [6.45, 7) is 0.705. The number of rotatable bonds is 3. The fourth-order valence-corrected chi connectivity index (χ4v) is 2.27. The van der Waals surface area contributed by atoms with E-state index < -0.39 is 12.0 Å². The summed E-state index contributed by atoms with van der Waals surface area (Å²) in [4.78, 5) is 10.8. The van der Waals surface area contributed by atoms with Gasteiger partial charge in [0.1, 0.15) is 6.04 Å². The highest BCUT2D eigenvalue weighted by Crippen LogP contribution is 2.21. The molecule has 2 N–H and O–H groups in total. The van der Waals surface area contributed by atoms with E-state index in [1.165, 1.54) is 0 Å². The molecule has 0 amide bonds. The van der Waals surface area contributed by atoms with Crippen LogP contribution in [0.5, 0.6) is 0 Å². The van der Waals surface area contributed by atoms with Crippen molar-refractivity contribution >= 4 is 5.97 Å². The number of benzene rings is 1. The molecule has 1 heterocycles. The average Bonchev–Trinajstić information content (AvgIpc) is 2.78. The van der Waals surface area contributed by atoms with Crippen LogP contribution in [0.1, 0.15) is 17.5 Å². The predicted molar refractivity (Wildman–Crippen MR) is 62.4 cm³/mol. The third-order valence-corrected chi connectivity index (χ3v) is 3.17. The second-order valence-corrected chi connectivity index (χ2v) is 4.37. The quantitative estimate of drug-likeness (QED) is 0.817. The topological polar surface area (TPSA) is 73.1 Å². The Morgan fingerprint density at radius 2 is 2.29 bits per heavy atom. The number of hydrogen-bond donors (Lipinski definition) is 2. The Labute approximate surface area is 99.9 Å². The van der Waals surface area contributed by atoms with Crippen LogP contribution in [0.25, 0.3) is 0 Å². The molecule has 1 saturated heterocycles. The van der Waals surface area contributed by atoms with Crippen LogP contribution in [-0.4, -0.2) is 23.7 Å². The van der Waals surface area contributed by atoms with Crippen molar-refractivity contribution in [1.82, 2.24) is 5.32 Å². The number of nitriles is 1. The average molecular weight is 230 g/mol. The van der Waals surface area contributed by atoms with Crippen molar-refractivity contribution in [2.24, 2.45) is 5.92 Å². The van der Waals surface area contributed by atoms with Gasteiger partial charge in [0, 0.05) is 0 Å². The second-order valence-electron chi connectivity index (χ2n) is 4.37. The summed E-state index contributed by atoms with van der Waals surface area (Å²) in [6.07, 6.45) is 1.40. The van der Waals surface area contributed by atoms with Crippen LogP contribution in [0.4, 0.5) is 0 Å². The highest BCUT2D eigenvalue weighted by atomic mass is 16.4. The van der Waals surface area contributed by atoms with Gasteiger partial charge in [-0.3, -0.25) is 4.79 Å². The number of nitrogens with one attached hydrogen (secondary N) is 1. The van der Waals surface area contributed by atoms with Crippen molar-refractivity contribution < 1.29 is 9.90 Å². The zero-order valence-corrected chi connectivity index (χ0v) is 9.39. The first-order valence-electron chi connectivity index (χ1n) is 5.65. The SMILES string of the molecule is N#Cc1ccccc1C[C@@H]1CN[C@@H](C(=O)O)C1. The summed E-state index contributed by atoms with van der Waals surface area (Å²) in [5.41, 5.74) is 1.69. The molecule has 0 bridgehead atoms. The van der Waals surface area contributed by atoms with Crippen molar-refractivity contribution in [2.75, 3.05) is 6.54 Å². The first kappa shape index (κ1) is 11.6. The first-order chi connectivity index (χ1) is 8.20. The highest BCUT2D eigenvalue weighted by molar-refractivity contribution is 5.73. The lowest BCUT2D eigenvalue weighted by molar-refractivity contribution is -0.139. The van der Waals surface area contributed by atoms with Gasteiger partial charge in [-0.1, -0.05) is 18.2 Å². The van der Waals surface area contributed by atoms with Crippen molar-refractivity contribution in [2.45, 2.75) is 18.9 Å². The van der Waals surface area contributed by atoms with Crippen LogP contribution < -0.4 is 5.32 Å². The molecule has 0 radical (unpaired) electrons. The maximum atomic E-state index is 10.8. The number of carboxylic acids is 1. The molecule has 0 spiro atoms. The summed E-state index contributed by atoms with van der Waals surface area (Å²) in [7, 11) is 0. The van der Waals surface area contributed by atoms with Gasteiger partial charge in [0.25, 0.3) is 0 Å². The fraction of sp³-hybridized carbons (Fsp3) is 0.385. The Kier molecular flexibility index (Phi) is 3.40. The number of carboxylic acid groups (broad SMARTS) is 1. The lowest BCUT2D eigenvalue weighted by atomic mass is 9.94. The van der Waals surface area contributed by atoms with Crippen LogP contribution in [0, 0.1) is 17.2 Å². The van der Waals surface area contributed by atoms with E-state index in [2.05, 4.69) is 11.4 Å². The van der Waals surface area contributed by atoms with Gasteiger partial charge >= 0.3 is 5.97 Å². The van der Waals surface area contributed by atoms with Gasteiger partial charge in [0.05, 0.1) is 11.6 Å². The molecule has 0 aliphatic carbocycles. The number of nitrogens with zero attached hydrogens (tertiary/aromatic N) is 1. The van der Waals surface area contributed by atoms with Gasteiger partial charge in [-0.25, -0.2) is 0 Å². The van der Waals surface area contributed by atoms with Crippen LogP contribution in [-0.2, 0) is 11.2 Å². The molecular weight excluding hydrogens is 216 g/mol. The standard InChI is InChI=1S/C13H14N2O2/c14-7-11-4-2-1-3-10(11)5-9-6-12(13(16)17)15-8-9/h1-4,9,12,15H,5-6,8H2,(H,16,17)/t9-,12+/m0/s1. The van der Waals surface area contributed by atoms with E-state index >= 15 is 0 Å². The Hall–Kier alpha value is -1.86. The highest BCUT2D eigenvalue weighted by Gasteiger charge is 2.29. The maximum Gasteiger partial charge on any atom is 0.320 e. The molecule has 2 atom stereocenters. The lowest BCUT2D eigenvalue weighted by Crippen LogP contribution is -2.29. The molecule has 1 aliphatic heterocycles. The van der Waals surface area contributed by atoms with E-state index in [1.54, 1.807) is 6.07 Å². The van der Waals surface area contributed by atoms with E-state index in [0.717, 1.165) is 12.0 Å². The van der Waals surface area contributed by atoms with Crippen molar-refractivity contribution in [3.63, 3.8) is 0 Å². The van der Waals surface area contributed by atoms with Gasteiger partial charge in [0.2, 0.25) is 0 Å². The molecule has 0 aromatic heterocycles. The summed E-state index contributed by atoms with van der Waals surface area (Å²) in [6, 6.07) is 9.22. The molecule has 1 aromatic carbocycles. The Morgan fingerprint density at radius 3 is 2.94 bits per heavy atom. The summed E-state index contributed by atoms with van der Waals surface area (Å²) < 4.78 is 0. The third-order valence-electron chi connectivity index (χ3n) is 3.17. The predicted octanol–water partition coefficient (Wildman–Crippen LogP) is 1.16. The normalized spacial score (nSPS) is 23.2. The van der Waals surface area contributed by atoms with Crippen molar-refractivity contribution in [3.05, 3.63) is 35.4 Å². The van der Waals surface area contributed by atoms with Gasteiger partial charge in [-0.05, 0) is 36.9 Å². The molecule has 1 fully saturated rings. The minimum Gasteiger partial charge on any atom is -0.480 e. The largest absolute Gasteiger partial charge is 0.480 e. The Morgan fingerprint density at radius 1 is 1.53 bits per heavy atom. The second kappa shape index (κ2) is 4.98. The molecule has 0 saturated carbocycles. The molecule has 2 rings (SSSR count). The summed E-state index contributed by atoms with van der Waals surface area (Å²) in [5, 5.41) is 20.8. The van der Waals surface area contributed by atoms with E-state index in [-0.39, 0.29) is 0 Å². The minimum absolute atomic E-state index is 0.297. The monoisotopic (exact) mass is 230 g/mol. The first-order valence-corrected chi connectivity index (χ1v) is 5.65. The number of carbonyl (C=O) groups is 1. The van der Waals surface area contributed by atoms with E-state index in [1.807, 2.05) is 18.2 Å². The molecular formula is C13H14N2O2. The van der Waals surface area contributed by atoms with Gasteiger partial charge < -0.3 is 10.4 Å². The van der Waals surface area contributed by atoms with Gasteiger partial charge in [0.15, 0.2) is 0 Å². The van der Waals surface area contributed by atoms with Crippen LogP contribution >= 0.6 is 0 Å². The smallest absolute Gasteiger partial charge is 0.320 e. The Bertz CT molecular complexity index is 465. The molecule has 1 aromatic rings. The molecule has 17 heavy (non-hydrogen) atoms. The fourth-order valence-electron chi connectivity index (χ4n) is 2.27. The van der Waals surface area contributed by atoms with E-state index in [0.29, 0.717) is 24.4 Å². The third kappa shape index (κ3) is 2.63. The van der Waals surface area contributed by atoms with Gasteiger partial charge in [-0.2, -0.15) is 5.26 Å². The van der Waals surface area contributed by atoms with Crippen LogP contribution in [0.15, 0.2) is 24.3 Å².